The van der Waals surface area contributed by atoms with Gasteiger partial charge in [-0.25, -0.2) is 0 Å². The number of aryl methyl sites for hydroxylation is 1. The number of amides is 1. The van der Waals surface area contributed by atoms with E-state index in [1.165, 1.54) is 23.8 Å². The van der Waals surface area contributed by atoms with Gasteiger partial charge in [-0.05, 0) is 66.9 Å². The molecule has 256 valence electrons. The fraction of sp³-hybridized carbons (Fsp3) is 0.464. The van der Waals surface area contributed by atoms with Crippen LogP contribution in [0.25, 0.3) is 0 Å². The van der Waals surface area contributed by atoms with Crippen molar-refractivity contribution < 1.29 is 58.6 Å². The van der Waals surface area contributed by atoms with E-state index in [1.54, 1.807) is 6.92 Å². The molecule has 1 aromatic heterocycles. The number of carbonyl (C=O) groups excluding carboxylic acids is 2. The quantitative estimate of drug-likeness (QED) is 0.146. The van der Waals surface area contributed by atoms with Crippen molar-refractivity contribution in [1.82, 2.24) is 20.2 Å². The van der Waals surface area contributed by atoms with Crippen LogP contribution in [-0.4, -0.2) is 51.1 Å². The number of rotatable bonds is 9. The normalized spacial score (nSPS) is 16.9. The molecule has 0 bridgehead atoms. The fourth-order valence-corrected chi connectivity index (χ4v) is 5.32. The van der Waals surface area contributed by atoms with Crippen LogP contribution >= 0.6 is 0 Å². The number of ether oxygens (including phenoxy) is 2. The number of benzene rings is 2. The molecule has 0 aliphatic carbocycles. The van der Waals surface area contributed by atoms with Gasteiger partial charge in [-0.2, -0.15) is 31.1 Å². The van der Waals surface area contributed by atoms with Gasteiger partial charge in [-0.15, -0.1) is 18.3 Å². The second-order valence-electron chi connectivity index (χ2n) is 10.4. The van der Waals surface area contributed by atoms with Crippen LogP contribution in [0.5, 0.6) is 5.75 Å². The minimum Gasteiger partial charge on any atom is -0.466 e. The lowest BCUT2D eigenvalue weighted by Crippen LogP contribution is -2.48. The Labute approximate surface area is 261 Å². The standard InChI is InChI=1S/C28H27F9N6O4/c1-4-18-11-22(20-12-19(47-28(35,36)37)6-7-21(20)43(18)23(44)13-24(45)46-5-2)42(25-38-40-41(3)39-25)14-15-8-16(26(29,30)31)10-17(9-15)27(32,33)34/h6-10,12,18,22H,4-5,11,13-14H2,1-3H3/t18-,22+/m1/s1. The summed E-state index contributed by atoms with van der Waals surface area (Å²) in [7, 11) is 1.34. The first-order valence-electron chi connectivity index (χ1n) is 14.0. The monoisotopic (exact) mass is 682 g/mol. The SMILES string of the molecule is CCOC(=O)CC(=O)N1c2ccc(OC(F)(F)F)cc2[C@@H](N(Cc2cc(C(F)(F)F)cc(C(F)(F)F)c2)c2nnn(C)n2)C[C@H]1CC. The average molecular weight is 683 g/mol. The molecule has 19 heteroatoms. The summed E-state index contributed by atoms with van der Waals surface area (Å²) in [4.78, 5) is 28.9. The van der Waals surface area contributed by atoms with Gasteiger partial charge < -0.3 is 19.3 Å². The Morgan fingerprint density at radius 2 is 1.60 bits per heavy atom. The third-order valence-electron chi connectivity index (χ3n) is 7.18. The molecule has 2 aromatic carbocycles. The Bertz CT molecular complexity index is 1570. The highest BCUT2D eigenvalue weighted by molar-refractivity contribution is 6.04. The summed E-state index contributed by atoms with van der Waals surface area (Å²) in [5.41, 5.74) is -3.66. The van der Waals surface area contributed by atoms with Crippen LogP contribution in [0.1, 0.15) is 61.4 Å². The smallest absolute Gasteiger partial charge is 0.466 e. The van der Waals surface area contributed by atoms with Crippen LogP contribution in [0.2, 0.25) is 0 Å². The first-order chi connectivity index (χ1) is 21.8. The van der Waals surface area contributed by atoms with Gasteiger partial charge in [0, 0.05) is 23.8 Å². The van der Waals surface area contributed by atoms with Gasteiger partial charge in [0.1, 0.15) is 12.2 Å². The molecule has 0 spiro atoms. The molecule has 3 aromatic rings. The summed E-state index contributed by atoms with van der Waals surface area (Å²) in [5, 5.41) is 11.7. The topological polar surface area (TPSA) is 103 Å². The zero-order chi connectivity index (χ0) is 34.9. The minimum atomic E-state index is -5.15. The van der Waals surface area contributed by atoms with E-state index in [4.69, 9.17) is 4.74 Å². The summed E-state index contributed by atoms with van der Waals surface area (Å²) in [6.07, 6.45) is -16.1. The lowest BCUT2D eigenvalue weighted by Gasteiger charge is -2.44. The number of alkyl halides is 9. The molecule has 0 saturated carbocycles. The van der Waals surface area contributed by atoms with Gasteiger partial charge in [0.05, 0.1) is 30.8 Å². The van der Waals surface area contributed by atoms with Crippen molar-refractivity contribution in [3.8, 4) is 5.75 Å². The summed E-state index contributed by atoms with van der Waals surface area (Å²) in [6.45, 7) is 2.48. The van der Waals surface area contributed by atoms with Crippen molar-refractivity contribution in [2.24, 2.45) is 7.05 Å². The zero-order valence-corrected chi connectivity index (χ0v) is 24.9. The first kappa shape index (κ1) is 35.3. The molecule has 1 aliphatic heterocycles. The number of anilines is 2. The molecule has 1 aliphatic rings. The Morgan fingerprint density at radius 3 is 2.11 bits per heavy atom. The molecular formula is C28H27F9N6O4. The highest BCUT2D eigenvalue weighted by atomic mass is 19.4. The molecule has 4 rings (SSSR count). The number of esters is 1. The van der Waals surface area contributed by atoms with E-state index in [2.05, 4.69) is 20.1 Å². The van der Waals surface area contributed by atoms with Gasteiger partial charge in [-0.3, -0.25) is 9.59 Å². The van der Waals surface area contributed by atoms with E-state index in [1.807, 2.05) is 0 Å². The number of tetrazole rings is 1. The second-order valence-corrected chi connectivity index (χ2v) is 10.4. The number of hydrogen-bond donors (Lipinski definition) is 0. The molecule has 0 fully saturated rings. The summed E-state index contributed by atoms with van der Waals surface area (Å²) < 4.78 is 131. The van der Waals surface area contributed by atoms with E-state index >= 15 is 0 Å². The van der Waals surface area contributed by atoms with Crippen molar-refractivity contribution >= 4 is 23.5 Å². The number of nitrogens with zero attached hydrogens (tertiary/aromatic N) is 6. The molecule has 2 heterocycles. The number of carbonyl (C=O) groups is 2. The van der Waals surface area contributed by atoms with Crippen molar-refractivity contribution in [3.63, 3.8) is 0 Å². The third-order valence-corrected chi connectivity index (χ3v) is 7.18. The van der Waals surface area contributed by atoms with Crippen LogP contribution in [0, 0.1) is 0 Å². The highest BCUT2D eigenvalue weighted by Gasteiger charge is 2.42. The third kappa shape index (κ3) is 8.42. The number of hydrogen-bond acceptors (Lipinski definition) is 8. The van der Waals surface area contributed by atoms with Crippen molar-refractivity contribution in [2.45, 2.75) is 70.5 Å². The largest absolute Gasteiger partial charge is 0.573 e. The van der Waals surface area contributed by atoms with Crippen LogP contribution in [-0.2, 0) is 40.3 Å². The van der Waals surface area contributed by atoms with Crippen molar-refractivity contribution in [1.29, 1.82) is 0 Å². The first-order valence-corrected chi connectivity index (χ1v) is 14.0. The lowest BCUT2D eigenvalue weighted by molar-refractivity contribution is -0.274. The molecule has 0 unspecified atom stereocenters. The Kier molecular flexibility index (Phi) is 9.96. The average Bonchev–Trinajstić information content (AvgIpc) is 3.39. The van der Waals surface area contributed by atoms with Gasteiger partial charge in [-0.1, -0.05) is 12.0 Å². The summed E-state index contributed by atoms with van der Waals surface area (Å²) >= 11 is 0. The maximum Gasteiger partial charge on any atom is 0.573 e. The van der Waals surface area contributed by atoms with E-state index in [-0.39, 0.29) is 42.7 Å². The van der Waals surface area contributed by atoms with Crippen molar-refractivity contribution in [3.05, 3.63) is 58.7 Å². The predicted octanol–water partition coefficient (Wildman–Crippen LogP) is 6.36. The maximum atomic E-state index is 13.7. The van der Waals surface area contributed by atoms with E-state index < -0.39 is 78.1 Å². The number of fused-ring (bicyclic) bond motifs is 1. The van der Waals surface area contributed by atoms with Crippen LogP contribution in [0.15, 0.2) is 36.4 Å². The Morgan fingerprint density at radius 1 is 0.957 bits per heavy atom. The zero-order valence-electron chi connectivity index (χ0n) is 24.9. The molecule has 0 radical (unpaired) electrons. The second kappa shape index (κ2) is 13.3. The van der Waals surface area contributed by atoms with Gasteiger partial charge in [0.25, 0.3) is 5.95 Å². The molecule has 2 atom stereocenters. The molecule has 1 amide bonds. The molecule has 47 heavy (non-hydrogen) atoms. The summed E-state index contributed by atoms with van der Waals surface area (Å²) in [5.74, 6) is -2.61. The fourth-order valence-electron chi connectivity index (χ4n) is 5.32. The van der Waals surface area contributed by atoms with E-state index in [0.717, 1.165) is 23.0 Å². The number of aromatic nitrogens is 4. The van der Waals surface area contributed by atoms with E-state index in [0.29, 0.717) is 12.1 Å². The highest BCUT2D eigenvalue weighted by Crippen LogP contribution is 2.46. The van der Waals surface area contributed by atoms with Gasteiger partial charge in [0.2, 0.25) is 5.91 Å². The minimum absolute atomic E-state index is 0.0193. The molecular weight excluding hydrogens is 655 g/mol. The molecule has 0 N–H and O–H groups in total. The van der Waals surface area contributed by atoms with Crippen LogP contribution in [0.3, 0.4) is 0 Å². The van der Waals surface area contributed by atoms with Gasteiger partial charge >= 0.3 is 24.7 Å². The van der Waals surface area contributed by atoms with Gasteiger partial charge in [0.15, 0.2) is 0 Å². The van der Waals surface area contributed by atoms with Crippen LogP contribution in [0.4, 0.5) is 51.1 Å². The molecule has 10 nitrogen and oxygen atoms in total. The number of halogens is 9. The summed E-state index contributed by atoms with van der Waals surface area (Å²) in [6, 6.07) is 2.10. The van der Waals surface area contributed by atoms with Crippen LogP contribution < -0.4 is 14.5 Å². The molecule has 0 saturated heterocycles. The van der Waals surface area contributed by atoms with Crippen molar-refractivity contribution in [2.75, 3.05) is 16.4 Å². The Balaban J connectivity index is 1.91. The Hall–Kier alpha value is -4.58. The maximum absolute atomic E-state index is 13.7. The lowest BCUT2D eigenvalue weighted by atomic mass is 9.87. The predicted molar refractivity (Wildman–Crippen MR) is 145 cm³/mol. The van der Waals surface area contributed by atoms with E-state index in [9.17, 15) is 49.1 Å².